The van der Waals surface area contributed by atoms with Crippen molar-refractivity contribution in [3.8, 4) is 0 Å². The SMILES string of the molecule is C=CCNC(=O)c1cccc(N2CCCC2)n1. The standard InChI is InChI=1S/C13H17N3O/c1-2-8-14-13(17)11-6-5-7-12(15-11)16-9-3-4-10-16/h2,5-7H,1,3-4,8-10H2,(H,14,17). The van der Waals surface area contributed by atoms with Gasteiger partial charge in [-0.25, -0.2) is 4.98 Å². The Labute approximate surface area is 101 Å². The van der Waals surface area contributed by atoms with Gasteiger partial charge in [0.1, 0.15) is 11.5 Å². The van der Waals surface area contributed by atoms with Gasteiger partial charge in [-0.1, -0.05) is 12.1 Å². The second-order valence-electron chi connectivity index (χ2n) is 4.07. The third kappa shape index (κ3) is 2.84. The van der Waals surface area contributed by atoms with E-state index >= 15 is 0 Å². The summed E-state index contributed by atoms with van der Waals surface area (Å²) in [6.45, 7) is 6.10. The Kier molecular flexibility index (Phi) is 3.75. The first-order valence-corrected chi connectivity index (χ1v) is 5.92. The van der Waals surface area contributed by atoms with E-state index in [1.54, 1.807) is 12.1 Å². The fraction of sp³-hybridized carbons (Fsp3) is 0.385. The third-order valence-electron chi connectivity index (χ3n) is 2.80. The van der Waals surface area contributed by atoms with Gasteiger partial charge in [-0.3, -0.25) is 4.79 Å². The Bertz CT molecular complexity index is 411. The summed E-state index contributed by atoms with van der Waals surface area (Å²) in [5, 5.41) is 2.73. The van der Waals surface area contributed by atoms with Crippen molar-refractivity contribution in [1.82, 2.24) is 10.3 Å². The van der Waals surface area contributed by atoms with Gasteiger partial charge in [-0.15, -0.1) is 6.58 Å². The summed E-state index contributed by atoms with van der Waals surface area (Å²) in [6.07, 6.45) is 4.06. The van der Waals surface area contributed by atoms with E-state index in [9.17, 15) is 4.79 Å². The van der Waals surface area contributed by atoms with Crippen LogP contribution < -0.4 is 10.2 Å². The minimum atomic E-state index is -0.147. The van der Waals surface area contributed by atoms with Gasteiger partial charge < -0.3 is 10.2 Å². The first kappa shape index (κ1) is 11.6. The molecular weight excluding hydrogens is 214 g/mol. The van der Waals surface area contributed by atoms with Gasteiger partial charge in [0.2, 0.25) is 0 Å². The van der Waals surface area contributed by atoms with E-state index in [-0.39, 0.29) is 5.91 Å². The lowest BCUT2D eigenvalue weighted by Gasteiger charge is -2.16. The van der Waals surface area contributed by atoms with E-state index in [0.29, 0.717) is 12.2 Å². The van der Waals surface area contributed by atoms with Gasteiger partial charge in [-0.2, -0.15) is 0 Å². The van der Waals surface area contributed by atoms with Crippen LogP contribution >= 0.6 is 0 Å². The Morgan fingerprint density at radius 1 is 1.47 bits per heavy atom. The van der Waals surface area contributed by atoms with Gasteiger partial charge >= 0.3 is 0 Å². The third-order valence-corrected chi connectivity index (χ3v) is 2.80. The first-order chi connectivity index (χ1) is 8.31. The summed E-state index contributed by atoms with van der Waals surface area (Å²) >= 11 is 0. The number of hydrogen-bond donors (Lipinski definition) is 1. The number of aromatic nitrogens is 1. The Hall–Kier alpha value is -1.84. The van der Waals surface area contributed by atoms with Gasteiger partial charge in [0.05, 0.1) is 0 Å². The van der Waals surface area contributed by atoms with Crippen molar-refractivity contribution in [2.24, 2.45) is 0 Å². The summed E-state index contributed by atoms with van der Waals surface area (Å²) in [6, 6.07) is 5.57. The summed E-state index contributed by atoms with van der Waals surface area (Å²) in [7, 11) is 0. The number of carbonyl (C=O) groups is 1. The fourth-order valence-corrected chi connectivity index (χ4v) is 1.93. The number of amides is 1. The zero-order valence-corrected chi connectivity index (χ0v) is 9.85. The lowest BCUT2D eigenvalue weighted by atomic mass is 10.3. The molecule has 1 aromatic rings. The molecule has 0 radical (unpaired) electrons. The molecule has 0 bridgehead atoms. The molecule has 1 saturated heterocycles. The topological polar surface area (TPSA) is 45.2 Å². The highest BCUT2D eigenvalue weighted by molar-refractivity contribution is 5.92. The summed E-state index contributed by atoms with van der Waals surface area (Å²) in [4.78, 5) is 18.3. The lowest BCUT2D eigenvalue weighted by molar-refractivity contribution is 0.0953. The van der Waals surface area contributed by atoms with Crippen molar-refractivity contribution >= 4 is 11.7 Å². The Morgan fingerprint density at radius 3 is 2.94 bits per heavy atom. The molecular formula is C13H17N3O. The van der Waals surface area contributed by atoms with Crippen molar-refractivity contribution in [2.75, 3.05) is 24.5 Å². The molecule has 17 heavy (non-hydrogen) atoms. The zero-order valence-electron chi connectivity index (χ0n) is 9.85. The number of pyridine rings is 1. The lowest BCUT2D eigenvalue weighted by Crippen LogP contribution is -2.25. The molecule has 0 unspecified atom stereocenters. The molecule has 1 fully saturated rings. The summed E-state index contributed by atoms with van der Waals surface area (Å²) in [5.41, 5.74) is 0.469. The molecule has 1 N–H and O–H groups in total. The molecule has 90 valence electrons. The highest BCUT2D eigenvalue weighted by Gasteiger charge is 2.15. The molecule has 1 aromatic heterocycles. The van der Waals surface area contributed by atoms with Crippen LogP contribution in [0.25, 0.3) is 0 Å². The maximum atomic E-state index is 11.7. The predicted molar refractivity (Wildman–Crippen MR) is 68.2 cm³/mol. The molecule has 2 rings (SSSR count). The predicted octanol–water partition coefficient (Wildman–Crippen LogP) is 1.60. The molecule has 0 saturated carbocycles. The van der Waals surface area contributed by atoms with Crippen LogP contribution in [0.5, 0.6) is 0 Å². The molecule has 0 aliphatic carbocycles. The van der Waals surface area contributed by atoms with Crippen molar-refractivity contribution in [1.29, 1.82) is 0 Å². The van der Waals surface area contributed by atoms with Crippen LogP contribution in [0.1, 0.15) is 23.3 Å². The summed E-state index contributed by atoms with van der Waals surface area (Å²) in [5.74, 6) is 0.750. The Balaban J connectivity index is 2.10. The molecule has 1 aliphatic rings. The summed E-state index contributed by atoms with van der Waals surface area (Å²) < 4.78 is 0. The molecule has 0 spiro atoms. The first-order valence-electron chi connectivity index (χ1n) is 5.92. The second kappa shape index (κ2) is 5.48. The van der Waals surface area contributed by atoms with Gasteiger partial charge in [0, 0.05) is 19.6 Å². The quantitative estimate of drug-likeness (QED) is 0.800. The van der Waals surface area contributed by atoms with E-state index < -0.39 is 0 Å². The van der Waals surface area contributed by atoms with E-state index in [2.05, 4.69) is 21.8 Å². The smallest absolute Gasteiger partial charge is 0.270 e. The number of rotatable bonds is 4. The number of nitrogens with one attached hydrogen (secondary N) is 1. The Morgan fingerprint density at radius 2 is 2.24 bits per heavy atom. The van der Waals surface area contributed by atoms with Crippen molar-refractivity contribution in [3.63, 3.8) is 0 Å². The number of anilines is 1. The van der Waals surface area contributed by atoms with E-state index in [1.807, 2.05) is 12.1 Å². The normalized spacial score (nSPS) is 14.7. The number of nitrogens with zero attached hydrogens (tertiary/aromatic N) is 2. The van der Waals surface area contributed by atoms with Crippen LogP contribution in [0.15, 0.2) is 30.9 Å². The minimum absolute atomic E-state index is 0.147. The average molecular weight is 231 g/mol. The van der Waals surface area contributed by atoms with Crippen LogP contribution in [0.2, 0.25) is 0 Å². The number of carbonyl (C=O) groups excluding carboxylic acids is 1. The van der Waals surface area contributed by atoms with Gasteiger partial charge in [0.25, 0.3) is 5.91 Å². The molecule has 0 aromatic carbocycles. The molecule has 4 nitrogen and oxygen atoms in total. The maximum absolute atomic E-state index is 11.7. The molecule has 1 aliphatic heterocycles. The van der Waals surface area contributed by atoms with Crippen molar-refractivity contribution < 1.29 is 4.79 Å². The van der Waals surface area contributed by atoms with Crippen molar-refractivity contribution in [2.45, 2.75) is 12.8 Å². The highest BCUT2D eigenvalue weighted by Crippen LogP contribution is 2.17. The molecule has 0 atom stereocenters. The van der Waals surface area contributed by atoms with Crippen LogP contribution in [-0.2, 0) is 0 Å². The monoisotopic (exact) mass is 231 g/mol. The van der Waals surface area contributed by atoms with Crippen LogP contribution in [0.4, 0.5) is 5.82 Å². The highest BCUT2D eigenvalue weighted by atomic mass is 16.1. The molecule has 2 heterocycles. The minimum Gasteiger partial charge on any atom is -0.357 e. The van der Waals surface area contributed by atoms with E-state index in [4.69, 9.17) is 0 Å². The van der Waals surface area contributed by atoms with Gasteiger partial charge in [-0.05, 0) is 25.0 Å². The van der Waals surface area contributed by atoms with Crippen LogP contribution in [0.3, 0.4) is 0 Å². The zero-order chi connectivity index (χ0) is 12.1. The molecule has 1 amide bonds. The van der Waals surface area contributed by atoms with Crippen LogP contribution in [-0.4, -0.2) is 30.5 Å². The van der Waals surface area contributed by atoms with Crippen LogP contribution in [0, 0.1) is 0 Å². The molecule has 4 heteroatoms. The van der Waals surface area contributed by atoms with E-state index in [0.717, 1.165) is 18.9 Å². The second-order valence-corrected chi connectivity index (χ2v) is 4.07. The average Bonchev–Trinajstić information content (AvgIpc) is 2.90. The maximum Gasteiger partial charge on any atom is 0.270 e. The van der Waals surface area contributed by atoms with Crippen molar-refractivity contribution in [3.05, 3.63) is 36.5 Å². The number of hydrogen-bond acceptors (Lipinski definition) is 3. The van der Waals surface area contributed by atoms with E-state index in [1.165, 1.54) is 12.8 Å². The van der Waals surface area contributed by atoms with Gasteiger partial charge in [0.15, 0.2) is 0 Å². The fourth-order valence-electron chi connectivity index (χ4n) is 1.93. The largest absolute Gasteiger partial charge is 0.357 e.